The van der Waals surface area contributed by atoms with E-state index in [1.54, 1.807) is 11.8 Å². The Hall–Kier alpha value is -2.33. The predicted octanol–water partition coefficient (Wildman–Crippen LogP) is 5.45. The molecule has 1 unspecified atom stereocenters. The van der Waals surface area contributed by atoms with Crippen LogP contribution in [0.25, 0.3) is 0 Å². The first-order valence-corrected chi connectivity index (χ1v) is 12.0. The summed E-state index contributed by atoms with van der Waals surface area (Å²) in [5, 5.41) is 0. The van der Waals surface area contributed by atoms with E-state index in [1.807, 2.05) is 29.2 Å². The highest BCUT2D eigenvalue weighted by Gasteiger charge is 2.54. The lowest BCUT2D eigenvalue weighted by atomic mass is 9.61. The number of carbonyl (C=O) groups is 1. The van der Waals surface area contributed by atoms with Gasteiger partial charge in [-0.15, -0.1) is 18.3 Å². The van der Waals surface area contributed by atoms with Crippen molar-refractivity contribution in [3.8, 4) is 0 Å². The molecule has 30 heavy (non-hydrogen) atoms. The minimum atomic E-state index is -0.202. The lowest BCUT2D eigenvalue weighted by Crippen LogP contribution is -2.56. The number of nitrogens with zero attached hydrogens (tertiary/aromatic N) is 2. The average Bonchev–Trinajstić information content (AvgIpc) is 3.23. The zero-order chi connectivity index (χ0) is 20.6. The number of aliphatic imine (C=N–C) groups is 1. The zero-order valence-electron chi connectivity index (χ0n) is 17.3. The molecule has 1 heterocycles. The van der Waals surface area contributed by atoms with Gasteiger partial charge in [-0.1, -0.05) is 73.5 Å². The standard InChI is InChI=1S/C26H28N2OS/c1-2-16-30-25-27-23-21-13-7-6-12-20(21)17-26(14-8-9-15-26)22(23)24(29)28(25)18-19-10-4-3-5-11-19/h2-7,10-13,22,25H,1,8-9,14-18H2/t22?,25-/m0/s1. The summed E-state index contributed by atoms with van der Waals surface area (Å²) in [5.41, 5.74) is 4.59. The monoisotopic (exact) mass is 416 g/mol. The molecule has 0 saturated heterocycles. The first kappa shape index (κ1) is 19.6. The van der Waals surface area contributed by atoms with Crippen LogP contribution < -0.4 is 0 Å². The molecular formula is C26H28N2OS. The molecule has 2 aliphatic carbocycles. The summed E-state index contributed by atoms with van der Waals surface area (Å²) in [7, 11) is 0. The molecule has 2 atom stereocenters. The van der Waals surface area contributed by atoms with Crippen molar-refractivity contribution in [3.63, 3.8) is 0 Å². The SMILES string of the molecule is C=CCS[C@H]1N=C2c3ccccc3CC3(CCCC3)C2C(=O)N1Cc1ccccc1. The van der Waals surface area contributed by atoms with E-state index in [0.29, 0.717) is 6.54 Å². The van der Waals surface area contributed by atoms with E-state index in [1.165, 1.54) is 24.0 Å². The Bertz CT molecular complexity index is 978. The third kappa shape index (κ3) is 3.31. The molecule has 0 bridgehead atoms. The molecule has 2 aromatic carbocycles. The fourth-order valence-electron chi connectivity index (χ4n) is 5.60. The molecule has 4 heteroatoms. The summed E-state index contributed by atoms with van der Waals surface area (Å²) in [5.74, 6) is 0.929. The average molecular weight is 417 g/mol. The van der Waals surface area contributed by atoms with Crippen LogP contribution in [0.3, 0.4) is 0 Å². The van der Waals surface area contributed by atoms with Gasteiger partial charge >= 0.3 is 0 Å². The van der Waals surface area contributed by atoms with Gasteiger partial charge in [-0.2, -0.15) is 0 Å². The second-order valence-electron chi connectivity index (χ2n) is 8.75. The number of thioether (sulfide) groups is 1. The number of amides is 1. The Morgan fingerprint density at radius 2 is 1.83 bits per heavy atom. The van der Waals surface area contributed by atoms with Crippen molar-refractivity contribution in [2.75, 3.05) is 5.75 Å². The quantitative estimate of drug-likeness (QED) is 0.607. The Kier molecular flexibility index (Phi) is 5.28. The van der Waals surface area contributed by atoms with Crippen LogP contribution in [0.5, 0.6) is 0 Å². The van der Waals surface area contributed by atoms with Crippen molar-refractivity contribution in [1.29, 1.82) is 0 Å². The molecule has 1 spiro atoms. The largest absolute Gasteiger partial charge is 0.307 e. The van der Waals surface area contributed by atoms with E-state index in [2.05, 4.69) is 43.0 Å². The third-order valence-electron chi connectivity index (χ3n) is 6.93. The second kappa shape index (κ2) is 8.07. The molecule has 1 saturated carbocycles. The lowest BCUT2D eigenvalue weighted by molar-refractivity contribution is -0.139. The number of carbonyl (C=O) groups excluding carboxylic acids is 1. The third-order valence-corrected chi connectivity index (χ3v) is 8.01. The highest BCUT2D eigenvalue weighted by atomic mass is 32.2. The zero-order valence-corrected chi connectivity index (χ0v) is 18.1. The minimum Gasteiger partial charge on any atom is -0.307 e. The van der Waals surface area contributed by atoms with Crippen molar-refractivity contribution >= 4 is 23.4 Å². The molecule has 0 aromatic heterocycles. The van der Waals surface area contributed by atoms with E-state index < -0.39 is 0 Å². The highest BCUT2D eigenvalue weighted by Crippen LogP contribution is 2.53. The molecule has 3 nitrogen and oxygen atoms in total. The van der Waals surface area contributed by atoms with Crippen molar-refractivity contribution < 1.29 is 4.79 Å². The van der Waals surface area contributed by atoms with Crippen LogP contribution in [0.1, 0.15) is 42.4 Å². The number of hydrogen-bond acceptors (Lipinski definition) is 3. The van der Waals surface area contributed by atoms with Gasteiger partial charge in [0.2, 0.25) is 5.91 Å². The summed E-state index contributed by atoms with van der Waals surface area (Å²) in [4.78, 5) is 21.4. The van der Waals surface area contributed by atoms with Gasteiger partial charge in [-0.25, -0.2) is 0 Å². The smallest absolute Gasteiger partial charge is 0.234 e. The molecule has 1 fully saturated rings. The fraction of sp³-hybridized carbons (Fsp3) is 0.385. The Morgan fingerprint density at radius 3 is 2.60 bits per heavy atom. The van der Waals surface area contributed by atoms with Crippen molar-refractivity contribution in [2.45, 2.75) is 44.1 Å². The van der Waals surface area contributed by atoms with E-state index in [9.17, 15) is 4.79 Å². The maximum atomic E-state index is 14.1. The Morgan fingerprint density at radius 1 is 1.10 bits per heavy atom. The van der Waals surface area contributed by atoms with Gasteiger partial charge in [0.25, 0.3) is 0 Å². The Balaban J connectivity index is 1.61. The molecular weight excluding hydrogens is 388 g/mol. The van der Waals surface area contributed by atoms with Gasteiger partial charge in [0.15, 0.2) is 5.50 Å². The maximum Gasteiger partial charge on any atom is 0.234 e. The molecule has 3 aliphatic rings. The van der Waals surface area contributed by atoms with Crippen LogP contribution in [0, 0.1) is 11.3 Å². The topological polar surface area (TPSA) is 32.7 Å². The molecule has 5 rings (SSSR count). The van der Waals surface area contributed by atoms with E-state index in [0.717, 1.165) is 36.3 Å². The van der Waals surface area contributed by atoms with Crippen LogP contribution in [0.4, 0.5) is 0 Å². The maximum absolute atomic E-state index is 14.1. The van der Waals surface area contributed by atoms with E-state index in [-0.39, 0.29) is 22.7 Å². The van der Waals surface area contributed by atoms with Crippen molar-refractivity contribution in [2.24, 2.45) is 16.3 Å². The van der Waals surface area contributed by atoms with Gasteiger partial charge in [0.05, 0.1) is 11.6 Å². The normalized spacial score (nSPS) is 24.3. The van der Waals surface area contributed by atoms with Crippen molar-refractivity contribution in [1.82, 2.24) is 4.90 Å². The Labute approximate surface area is 183 Å². The summed E-state index contributed by atoms with van der Waals surface area (Å²) >= 11 is 1.69. The second-order valence-corrected chi connectivity index (χ2v) is 9.84. The van der Waals surface area contributed by atoms with Crippen LogP contribution >= 0.6 is 11.8 Å². The summed E-state index contributed by atoms with van der Waals surface area (Å²) in [6, 6.07) is 18.9. The molecule has 1 amide bonds. The van der Waals surface area contributed by atoms with Crippen LogP contribution in [0.2, 0.25) is 0 Å². The summed E-state index contributed by atoms with van der Waals surface area (Å²) in [6.45, 7) is 4.49. The van der Waals surface area contributed by atoms with Crippen LogP contribution in [0.15, 0.2) is 72.2 Å². The van der Waals surface area contributed by atoms with Crippen LogP contribution in [-0.4, -0.2) is 27.8 Å². The summed E-state index contributed by atoms with van der Waals surface area (Å²) in [6.07, 6.45) is 7.58. The van der Waals surface area contributed by atoms with Gasteiger partial charge in [0.1, 0.15) is 0 Å². The number of rotatable bonds is 5. The first-order valence-electron chi connectivity index (χ1n) is 10.9. The predicted molar refractivity (Wildman–Crippen MR) is 125 cm³/mol. The van der Waals surface area contributed by atoms with Gasteiger partial charge in [0, 0.05) is 12.3 Å². The fourth-order valence-corrected chi connectivity index (χ4v) is 6.45. The van der Waals surface area contributed by atoms with Gasteiger partial charge < -0.3 is 4.90 Å². The van der Waals surface area contributed by atoms with Crippen molar-refractivity contribution in [3.05, 3.63) is 83.9 Å². The number of hydrogen-bond donors (Lipinski definition) is 0. The highest BCUT2D eigenvalue weighted by molar-refractivity contribution is 8.00. The molecule has 1 aliphatic heterocycles. The van der Waals surface area contributed by atoms with Gasteiger partial charge in [-0.3, -0.25) is 9.79 Å². The molecule has 2 aromatic rings. The summed E-state index contributed by atoms with van der Waals surface area (Å²) < 4.78 is 0. The lowest BCUT2D eigenvalue weighted by Gasteiger charge is -2.48. The van der Waals surface area contributed by atoms with E-state index in [4.69, 9.17) is 4.99 Å². The number of benzene rings is 2. The molecule has 154 valence electrons. The van der Waals surface area contributed by atoms with E-state index >= 15 is 0 Å². The van der Waals surface area contributed by atoms with Gasteiger partial charge in [-0.05, 0) is 41.4 Å². The number of fused-ring (bicyclic) bond motifs is 4. The molecule has 0 radical (unpaired) electrons. The molecule has 0 N–H and O–H groups in total. The van der Waals surface area contributed by atoms with Crippen LogP contribution in [-0.2, 0) is 17.8 Å². The first-order chi connectivity index (χ1) is 14.7. The minimum absolute atomic E-state index is 0.0350.